The van der Waals surface area contributed by atoms with E-state index in [1.165, 1.54) is 12.7 Å². The fourth-order valence-corrected chi connectivity index (χ4v) is 3.38. The summed E-state index contributed by atoms with van der Waals surface area (Å²) in [4.78, 5) is 25.1. The van der Waals surface area contributed by atoms with E-state index in [-0.39, 0.29) is 17.2 Å². The van der Waals surface area contributed by atoms with Gasteiger partial charge in [-0.05, 0) is 65.6 Å². The van der Waals surface area contributed by atoms with Crippen molar-refractivity contribution < 1.29 is 14.3 Å². The molecule has 0 aliphatic heterocycles. The summed E-state index contributed by atoms with van der Waals surface area (Å²) in [6, 6.07) is 19.8. The van der Waals surface area contributed by atoms with Crippen molar-refractivity contribution in [2.75, 3.05) is 17.7 Å². The molecule has 2 amide bonds. The summed E-state index contributed by atoms with van der Waals surface area (Å²) < 4.78 is 6.05. The van der Waals surface area contributed by atoms with Crippen molar-refractivity contribution in [2.24, 2.45) is 0 Å². The lowest BCUT2D eigenvalue weighted by molar-refractivity contribution is 0.101. The first kappa shape index (κ1) is 22.6. The van der Waals surface area contributed by atoms with Crippen molar-refractivity contribution in [1.82, 2.24) is 0 Å². The van der Waals surface area contributed by atoms with Crippen LogP contribution in [0.1, 0.15) is 47.1 Å². The molecular formula is C25H25BrN2O3. The van der Waals surface area contributed by atoms with Gasteiger partial charge in [0.2, 0.25) is 0 Å². The Morgan fingerprint density at radius 3 is 1.87 bits per heavy atom. The van der Waals surface area contributed by atoms with Gasteiger partial charge >= 0.3 is 0 Å². The van der Waals surface area contributed by atoms with Crippen molar-refractivity contribution in [3.05, 3.63) is 87.9 Å². The van der Waals surface area contributed by atoms with E-state index >= 15 is 0 Å². The number of methoxy groups -OCH3 is 1. The molecule has 0 atom stereocenters. The molecule has 3 aromatic carbocycles. The van der Waals surface area contributed by atoms with Crippen LogP contribution in [0.2, 0.25) is 0 Å². The number of carbonyl (C=O) groups excluding carboxylic acids is 2. The van der Waals surface area contributed by atoms with Crippen LogP contribution in [0.25, 0.3) is 0 Å². The van der Waals surface area contributed by atoms with Crippen molar-refractivity contribution in [2.45, 2.75) is 26.2 Å². The Kier molecular flexibility index (Phi) is 6.81. The third-order valence-electron chi connectivity index (χ3n) is 4.82. The second-order valence-electron chi connectivity index (χ2n) is 8.16. The van der Waals surface area contributed by atoms with Gasteiger partial charge in [0.1, 0.15) is 5.75 Å². The van der Waals surface area contributed by atoms with Gasteiger partial charge in [0.25, 0.3) is 11.8 Å². The summed E-state index contributed by atoms with van der Waals surface area (Å²) in [6.45, 7) is 6.40. The van der Waals surface area contributed by atoms with Crippen LogP contribution < -0.4 is 15.4 Å². The molecule has 0 saturated carbocycles. The zero-order valence-corrected chi connectivity index (χ0v) is 19.5. The predicted molar refractivity (Wildman–Crippen MR) is 128 cm³/mol. The third kappa shape index (κ3) is 5.73. The Bertz CT molecular complexity index is 1090. The standard InChI is InChI=1S/C25H25BrN2O3/c1-25(2,3)17-7-5-16(6-8-17)23(29)27-19-10-12-20(13-11-19)28-24(30)21-15-18(26)9-14-22(21)31-4/h5-15H,1-4H3,(H,27,29)(H,28,30). The number of hydrogen-bond acceptors (Lipinski definition) is 3. The van der Waals surface area contributed by atoms with E-state index < -0.39 is 0 Å². The number of anilines is 2. The SMILES string of the molecule is COc1ccc(Br)cc1C(=O)Nc1ccc(NC(=O)c2ccc(C(C)(C)C)cc2)cc1. The molecule has 0 saturated heterocycles. The van der Waals surface area contributed by atoms with E-state index in [0.717, 1.165) is 4.47 Å². The lowest BCUT2D eigenvalue weighted by atomic mass is 9.87. The molecule has 2 N–H and O–H groups in total. The van der Waals surface area contributed by atoms with Gasteiger partial charge in [-0.25, -0.2) is 0 Å². The number of rotatable bonds is 5. The molecule has 0 aromatic heterocycles. The number of hydrogen-bond donors (Lipinski definition) is 2. The van der Waals surface area contributed by atoms with Crippen molar-refractivity contribution in [3.63, 3.8) is 0 Å². The normalized spacial score (nSPS) is 11.0. The summed E-state index contributed by atoms with van der Waals surface area (Å²) >= 11 is 3.37. The fraction of sp³-hybridized carbons (Fsp3) is 0.200. The van der Waals surface area contributed by atoms with Crippen LogP contribution in [0, 0.1) is 0 Å². The van der Waals surface area contributed by atoms with Gasteiger partial charge in [0, 0.05) is 21.4 Å². The van der Waals surface area contributed by atoms with Gasteiger partial charge in [0.15, 0.2) is 0 Å². The first-order valence-electron chi connectivity index (χ1n) is 9.84. The summed E-state index contributed by atoms with van der Waals surface area (Å²) in [6.07, 6.45) is 0. The lowest BCUT2D eigenvalue weighted by Gasteiger charge is -2.19. The molecule has 6 heteroatoms. The van der Waals surface area contributed by atoms with Gasteiger partial charge in [0.05, 0.1) is 12.7 Å². The minimum absolute atomic E-state index is 0.0368. The van der Waals surface area contributed by atoms with Crippen molar-refractivity contribution in [3.8, 4) is 5.75 Å². The summed E-state index contributed by atoms with van der Waals surface area (Å²) in [7, 11) is 1.52. The first-order chi connectivity index (χ1) is 14.7. The molecule has 0 aliphatic rings. The summed E-state index contributed by atoms with van der Waals surface area (Å²) in [5.41, 5.74) is 3.48. The van der Waals surface area contributed by atoms with Crippen LogP contribution in [-0.4, -0.2) is 18.9 Å². The highest BCUT2D eigenvalue weighted by atomic mass is 79.9. The zero-order valence-electron chi connectivity index (χ0n) is 18.0. The van der Waals surface area contributed by atoms with E-state index in [1.807, 2.05) is 30.3 Å². The fourth-order valence-electron chi connectivity index (χ4n) is 3.02. The molecule has 0 unspecified atom stereocenters. The number of carbonyl (C=O) groups is 2. The molecule has 0 spiro atoms. The molecule has 0 bridgehead atoms. The molecule has 31 heavy (non-hydrogen) atoms. The van der Waals surface area contributed by atoms with Crippen LogP contribution in [0.3, 0.4) is 0 Å². The Labute approximate surface area is 191 Å². The summed E-state index contributed by atoms with van der Waals surface area (Å²) in [5, 5.41) is 5.72. The van der Waals surface area contributed by atoms with E-state index in [2.05, 4.69) is 47.3 Å². The van der Waals surface area contributed by atoms with Crippen LogP contribution in [0.15, 0.2) is 71.2 Å². The highest BCUT2D eigenvalue weighted by molar-refractivity contribution is 9.10. The Hall–Kier alpha value is -3.12. The monoisotopic (exact) mass is 480 g/mol. The first-order valence-corrected chi connectivity index (χ1v) is 10.6. The minimum atomic E-state index is -0.283. The number of ether oxygens (including phenoxy) is 1. The number of halogens is 1. The minimum Gasteiger partial charge on any atom is -0.496 e. The molecular weight excluding hydrogens is 456 g/mol. The van der Waals surface area contributed by atoms with E-state index in [0.29, 0.717) is 28.3 Å². The molecule has 0 heterocycles. The van der Waals surface area contributed by atoms with Gasteiger partial charge in [-0.2, -0.15) is 0 Å². The van der Waals surface area contributed by atoms with Crippen molar-refractivity contribution in [1.29, 1.82) is 0 Å². The topological polar surface area (TPSA) is 67.4 Å². The van der Waals surface area contributed by atoms with E-state index in [4.69, 9.17) is 4.74 Å². The Morgan fingerprint density at radius 1 is 0.806 bits per heavy atom. The smallest absolute Gasteiger partial charge is 0.259 e. The molecule has 0 radical (unpaired) electrons. The highest BCUT2D eigenvalue weighted by Crippen LogP contribution is 2.25. The number of amides is 2. The Balaban J connectivity index is 1.66. The third-order valence-corrected chi connectivity index (χ3v) is 5.31. The molecule has 0 fully saturated rings. The number of benzene rings is 3. The molecule has 3 rings (SSSR count). The predicted octanol–water partition coefficient (Wildman–Crippen LogP) is 6.26. The molecule has 0 aliphatic carbocycles. The van der Waals surface area contributed by atoms with E-state index in [1.54, 1.807) is 36.4 Å². The molecule has 3 aromatic rings. The quantitative estimate of drug-likeness (QED) is 0.452. The van der Waals surface area contributed by atoms with Gasteiger partial charge in [-0.1, -0.05) is 48.8 Å². The van der Waals surface area contributed by atoms with Crippen molar-refractivity contribution >= 4 is 39.1 Å². The number of nitrogens with one attached hydrogen (secondary N) is 2. The van der Waals surface area contributed by atoms with Gasteiger partial charge in [-0.15, -0.1) is 0 Å². The van der Waals surface area contributed by atoms with Crippen LogP contribution in [-0.2, 0) is 5.41 Å². The summed E-state index contributed by atoms with van der Waals surface area (Å²) in [5.74, 6) is 0.0204. The maximum atomic E-state index is 12.6. The maximum Gasteiger partial charge on any atom is 0.259 e. The molecule has 5 nitrogen and oxygen atoms in total. The molecule has 160 valence electrons. The average molecular weight is 481 g/mol. The zero-order chi connectivity index (χ0) is 22.6. The van der Waals surface area contributed by atoms with Gasteiger partial charge < -0.3 is 15.4 Å². The van der Waals surface area contributed by atoms with Crippen LogP contribution >= 0.6 is 15.9 Å². The maximum absolute atomic E-state index is 12.6. The van der Waals surface area contributed by atoms with Crippen LogP contribution in [0.5, 0.6) is 5.75 Å². The van der Waals surface area contributed by atoms with E-state index in [9.17, 15) is 9.59 Å². The Morgan fingerprint density at radius 2 is 1.35 bits per heavy atom. The second kappa shape index (κ2) is 9.35. The largest absolute Gasteiger partial charge is 0.496 e. The lowest BCUT2D eigenvalue weighted by Crippen LogP contribution is -2.15. The van der Waals surface area contributed by atoms with Crippen LogP contribution in [0.4, 0.5) is 11.4 Å². The van der Waals surface area contributed by atoms with Gasteiger partial charge in [-0.3, -0.25) is 9.59 Å². The highest BCUT2D eigenvalue weighted by Gasteiger charge is 2.15. The second-order valence-corrected chi connectivity index (χ2v) is 9.07. The average Bonchev–Trinajstić information content (AvgIpc) is 2.74.